The van der Waals surface area contributed by atoms with Gasteiger partial charge in [-0.15, -0.1) is 0 Å². The first-order valence-electron chi connectivity index (χ1n) is 7.05. The van der Waals surface area contributed by atoms with Crippen molar-refractivity contribution < 1.29 is 9.90 Å². The summed E-state index contributed by atoms with van der Waals surface area (Å²) in [5.74, 6) is -0.0675. The highest BCUT2D eigenvalue weighted by molar-refractivity contribution is 5.66. The Hall–Kier alpha value is -1.35. The van der Waals surface area contributed by atoms with Gasteiger partial charge in [0.1, 0.15) is 0 Å². The summed E-state index contributed by atoms with van der Waals surface area (Å²) in [4.78, 5) is 10.4. The third kappa shape index (κ3) is 6.39. The standard InChI is InChI=1S/C16H25NO2/c1-12(2)11-13-7-9-14(10-8-13)15(17)5-3-4-6-16(18)19/h7-10,12,15H,3-6,11,17H2,1-2H3,(H,18,19). The van der Waals surface area contributed by atoms with E-state index >= 15 is 0 Å². The minimum absolute atomic E-state index is 0.0156. The summed E-state index contributed by atoms with van der Waals surface area (Å²) in [6.45, 7) is 4.42. The van der Waals surface area contributed by atoms with Crippen LogP contribution in [-0.4, -0.2) is 11.1 Å². The highest BCUT2D eigenvalue weighted by Crippen LogP contribution is 2.19. The zero-order valence-electron chi connectivity index (χ0n) is 11.9. The van der Waals surface area contributed by atoms with Crippen LogP contribution in [0, 0.1) is 5.92 Å². The molecule has 0 aromatic heterocycles. The maximum Gasteiger partial charge on any atom is 0.303 e. The van der Waals surface area contributed by atoms with Gasteiger partial charge in [-0.3, -0.25) is 4.79 Å². The molecule has 0 saturated heterocycles. The lowest BCUT2D eigenvalue weighted by Crippen LogP contribution is -2.10. The molecule has 0 aliphatic heterocycles. The lowest BCUT2D eigenvalue weighted by molar-refractivity contribution is -0.137. The van der Waals surface area contributed by atoms with Crippen molar-refractivity contribution in [2.75, 3.05) is 0 Å². The van der Waals surface area contributed by atoms with Crippen molar-refractivity contribution in [3.05, 3.63) is 35.4 Å². The quantitative estimate of drug-likeness (QED) is 0.705. The summed E-state index contributed by atoms with van der Waals surface area (Å²) in [6.07, 6.45) is 3.74. The smallest absolute Gasteiger partial charge is 0.303 e. The maximum absolute atomic E-state index is 10.4. The van der Waals surface area contributed by atoms with Gasteiger partial charge in [-0.25, -0.2) is 0 Å². The zero-order chi connectivity index (χ0) is 14.3. The molecule has 1 rings (SSSR count). The molecule has 106 valence electrons. The minimum Gasteiger partial charge on any atom is -0.481 e. The number of carboxylic acids is 1. The van der Waals surface area contributed by atoms with Gasteiger partial charge in [-0.1, -0.05) is 44.5 Å². The van der Waals surface area contributed by atoms with Crippen LogP contribution >= 0.6 is 0 Å². The van der Waals surface area contributed by atoms with Crippen molar-refractivity contribution in [1.29, 1.82) is 0 Å². The molecule has 0 spiro atoms. The fraction of sp³-hybridized carbons (Fsp3) is 0.562. The summed E-state index contributed by atoms with van der Waals surface area (Å²) in [6, 6.07) is 8.50. The largest absolute Gasteiger partial charge is 0.481 e. The van der Waals surface area contributed by atoms with Crippen molar-refractivity contribution >= 4 is 5.97 Å². The topological polar surface area (TPSA) is 63.3 Å². The summed E-state index contributed by atoms with van der Waals surface area (Å²) in [5, 5.41) is 8.57. The van der Waals surface area contributed by atoms with Crippen LogP contribution in [0.4, 0.5) is 0 Å². The molecule has 3 nitrogen and oxygen atoms in total. The number of unbranched alkanes of at least 4 members (excludes halogenated alkanes) is 1. The van der Waals surface area contributed by atoms with E-state index in [4.69, 9.17) is 10.8 Å². The molecule has 0 radical (unpaired) electrons. The van der Waals surface area contributed by atoms with Crippen LogP contribution in [0.1, 0.15) is 56.7 Å². The van der Waals surface area contributed by atoms with Crippen LogP contribution < -0.4 is 5.73 Å². The number of benzene rings is 1. The normalized spacial score (nSPS) is 12.6. The summed E-state index contributed by atoms with van der Waals surface area (Å²) in [7, 11) is 0. The van der Waals surface area contributed by atoms with Crippen molar-refractivity contribution in [3.63, 3.8) is 0 Å². The van der Waals surface area contributed by atoms with E-state index in [2.05, 4.69) is 38.1 Å². The van der Waals surface area contributed by atoms with Gasteiger partial charge in [0.2, 0.25) is 0 Å². The number of carbonyl (C=O) groups is 1. The average molecular weight is 263 g/mol. The maximum atomic E-state index is 10.4. The van der Waals surface area contributed by atoms with Gasteiger partial charge >= 0.3 is 5.97 Å². The Bertz CT molecular complexity index is 384. The van der Waals surface area contributed by atoms with E-state index in [0.717, 1.165) is 24.8 Å². The van der Waals surface area contributed by atoms with Crippen LogP contribution in [0.5, 0.6) is 0 Å². The third-order valence-electron chi connectivity index (χ3n) is 3.21. The molecule has 0 saturated carbocycles. The van der Waals surface area contributed by atoms with Gasteiger partial charge in [0, 0.05) is 12.5 Å². The number of nitrogens with two attached hydrogens (primary N) is 1. The molecule has 1 atom stereocenters. The highest BCUT2D eigenvalue weighted by Gasteiger charge is 2.07. The monoisotopic (exact) mass is 263 g/mol. The summed E-state index contributed by atoms with van der Waals surface area (Å²) in [5.41, 5.74) is 8.60. The summed E-state index contributed by atoms with van der Waals surface area (Å²) < 4.78 is 0. The fourth-order valence-electron chi connectivity index (χ4n) is 2.18. The van der Waals surface area contributed by atoms with Gasteiger partial charge < -0.3 is 10.8 Å². The van der Waals surface area contributed by atoms with Crippen LogP contribution in [0.3, 0.4) is 0 Å². The van der Waals surface area contributed by atoms with Crippen molar-refractivity contribution in [3.8, 4) is 0 Å². The van der Waals surface area contributed by atoms with Gasteiger partial charge in [0.25, 0.3) is 0 Å². The van der Waals surface area contributed by atoms with Crippen molar-refractivity contribution in [2.24, 2.45) is 11.7 Å². The molecule has 1 aromatic carbocycles. The van der Waals surface area contributed by atoms with E-state index < -0.39 is 5.97 Å². The number of carboxylic acid groups (broad SMARTS) is 1. The molecular formula is C16H25NO2. The van der Waals surface area contributed by atoms with Gasteiger partial charge in [0.05, 0.1) is 0 Å². The minimum atomic E-state index is -0.730. The fourth-order valence-corrected chi connectivity index (χ4v) is 2.18. The Balaban J connectivity index is 2.39. The first kappa shape index (κ1) is 15.7. The molecule has 0 aliphatic carbocycles. The second-order valence-corrected chi connectivity index (χ2v) is 5.59. The Morgan fingerprint density at radius 3 is 2.37 bits per heavy atom. The molecule has 0 aliphatic rings. The van der Waals surface area contributed by atoms with Crippen LogP contribution in [-0.2, 0) is 11.2 Å². The SMILES string of the molecule is CC(C)Cc1ccc(C(N)CCCCC(=O)O)cc1. The molecule has 0 amide bonds. The van der Waals surface area contributed by atoms with Crippen molar-refractivity contribution in [2.45, 2.75) is 52.0 Å². The molecule has 19 heavy (non-hydrogen) atoms. The lowest BCUT2D eigenvalue weighted by atomic mass is 9.97. The molecule has 3 heteroatoms. The molecule has 0 fully saturated rings. The number of hydrogen-bond donors (Lipinski definition) is 2. The Morgan fingerprint density at radius 2 is 1.84 bits per heavy atom. The van der Waals surface area contributed by atoms with Crippen LogP contribution in [0.25, 0.3) is 0 Å². The van der Waals surface area contributed by atoms with E-state index in [0.29, 0.717) is 12.3 Å². The third-order valence-corrected chi connectivity index (χ3v) is 3.21. The van der Waals surface area contributed by atoms with Gasteiger partial charge in [0.15, 0.2) is 0 Å². The first-order valence-corrected chi connectivity index (χ1v) is 7.05. The lowest BCUT2D eigenvalue weighted by Gasteiger charge is -2.13. The van der Waals surface area contributed by atoms with E-state index in [9.17, 15) is 4.79 Å². The van der Waals surface area contributed by atoms with E-state index in [1.54, 1.807) is 0 Å². The molecule has 1 aromatic rings. The predicted octanol–water partition coefficient (Wildman–Crippen LogP) is 3.53. The van der Waals surface area contributed by atoms with Crippen molar-refractivity contribution in [1.82, 2.24) is 0 Å². The molecule has 0 bridgehead atoms. The molecule has 1 unspecified atom stereocenters. The number of hydrogen-bond acceptors (Lipinski definition) is 2. The highest BCUT2D eigenvalue weighted by atomic mass is 16.4. The number of aliphatic carboxylic acids is 1. The van der Waals surface area contributed by atoms with Gasteiger partial charge in [-0.2, -0.15) is 0 Å². The second-order valence-electron chi connectivity index (χ2n) is 5.59. The average Bonchev–Trinajstić information content (AvgIpc) is 2.34. The van der Waals surface area contributed by atoms with E-state index in [1.165, 1.54) is 5.56 Å². The first-order chi connectivity index (χ1) is 8.99. The van der Waals surface area contributed by atoms with E-state index in [1.807, 2.05) is 0 Å². The molecule has 3 N–H and O–H groups in total. The number of rotatable bonds is 8. The van der Waals surface area contributed by atoms with Gasteiger partial charge in [-0.05, 0) is 36.3 Å². The Labute approximate surface area is 115 Å². The molecular weight excluding hydrogens is 238 g/mol. The predicted molar refractivity (Wildman–Crippen MR) is 78.0 cm³/mol. The molecule has 0 heterocycles. The van der Waals surface area contributed by atoms with Crippen LogP contribution in [0.15, 0.2) is 24.3 Å². The zero-order valence-corrected chi connectivity index (χ0v) is 11.9. The second kappa shape index (κ2) is 7.95. The Kier molecular flexibility index (Phi) is 6.57. The summed E-state index contributed by atoms with van der Waals surface area (Å²) >= 11 is 0. The Morgan fingerprint density at radius 1 is 1.21 bits per heavy atom. The van der Waals surface area contributed by atoms with Crippen LogP contribution in [0.2, 0.25) is 0 Å². The van der Waals surface area contributed by atoms with E-state index in [-0.39, 0.29) is 12.5 Å².